The van der Waals surface area contributed by atoms with E-state index < -0.39 is 5.54 Å². The van der Waals surface area contributed by atoms with Crippen molar-refractivity contribution in [2.24, 2.45) is 5.73 Å². The van der Waals surface area contributed by atoms with Gasteiger partial charge in [-0.05, 0) is 37.9 Å². The van der Waals surface area contributed by atoms with E-state index in [9.17, 15) is 4.79 Å². The number of ether oxygens (including phenoxy) is 1. The third-order valence-corrected chi connectivity index (χ3v) is 6.10. The Labute approximate surface area is 125 Å². The first-order valence-corrected chi connectivity index (χ1v) is 9.14. The van der Waals surface area contributed by atoms with Crippen LogP contribution >= 0.6 is 11.8 Å². The molecular formula is C15H26N2O2S. The number of carbonyl (C=O) groups excluding carboxylic acids is 1. The van der Waals surface area contributed by atoms with Crippen LogP contribution in [0.4, 0.5) is 0 Å². The molecule has 2 heterocycles. The van der Waals surface area contributed by atoms with Crippen LogP contribution in [-0.4, -0.2) is 53.1 Å². The Morgan fingerprint density at radius 3 is 2.70 bits per heavy atom. The molecule has 5 heteroatoms. The standard InChI is InChI=1S/C15H26N2O2S/c16-15(6-1-2-7-15)14(18)17(12-5-9-20-11-12)10-13-4-3-8-19-13/h12-13H,1-11,16H2. The Hall–Kier alpha value is -0.260. The number of thioether (sulfide) groups is 1. The fourth-order valence-corrected chi connectivity index (χ4v) is 4.90. The highest BCUT2D eigenvalue weighted by molar-refractivity contribution is 7.99. The summed E-state index contributed by atoms with van der Waals surface area (Å²) in [6.07, 6.45) is 7.45. The minimum absolute atomic E-state index is 0.193. The first-order valence-electron chi connectivity index (χ1n) is 7.98. The fourth-order valence-electron chi connectivity index (χ4n) is 3.68. The Bertz CT molecular complexity index is 346. The van der Waals surface area contributed by atoms with Crippen LogP contribution in [0.3, 0.4) is 0 Å². The van der Waals surface area contributed by atoms with Crippen molar-refractivity contribution in [3.8, 4) is 0 Å². The third kappa shape index (κ3) is 3.00. The van der Waals surface area contributed by atoms with E-state index in [0.717, 1.165) is 69.6 Å². The summed E-state index contributed by atoms with van der Waals surface area (Å²) in [5, 5.41) is 0. The van der Waals surface area contributed by atoms with E-state index in [1.54, 1.807) is 0 Å². The second-order valence-corrected chi connectivity index (χ2v) is 7.62. The van der Waals surface area contributed by atoms with Crippen LogP contribution in [0.1, 0.15) is 44.9 Å². The number of nitrogens with zero attached hydrogens (tertiary/aromatic N) is 1. The van der Waals surface area contributed by atoms with Crippen LogP contribution in [-0.2, 0) is 9.53 Å². The molecule has 0 spiro atoms. The smallest absolute Gasteiger partial charge is 0.243 e. The molecule has 0 aromatic rings. The van der Waals surface area contributed by atoms with Crippen molar-refractivity contribution in [1.29, 1.82) is 0 Å². The predicted octanol–water partition coefficient (Wildman–Crippen LogP) is 1.77. The quantitative estimate of drug-likeness (QED) is 0.859. The van der Waals surface area contributed by atoms with Gasteiger partial charge in [0.25, 0.3) is 0 Å². The lowest BCUT2D eigenvalue weighted by Crippen LogP contribution is -2.58. The van der Waals surface area contributed by atoms with Crippen LogP contribution < -0.4 is 5.73 Å². The van der Waals surface area contributed by atoms with Crippen molar-refractivity contribution < 1.29 is 9.53 Å². The van der Waals surface area contributed by atoms with Gasteiger partial charge in [0, 0.05) is 24.9 Å². The lowest BCUT2D eigenvalue weighted by molar-refractivity contribution is -0.140. The summed E-state index contributed by atoms with van der Waals surface area (Å²) in [5.41, 5.74) is 5.82. The van der Waals surface area contributed by atoms with Crippen molar-refractivity contribution in [3.63, 3.8) is 0 Å². The van der Waals surface area contributed by atoms with Gasteiger partial charge in [-0.15, -0.1) is 0 Å². The summed E-state index contributed by atoms with van der Waals surface area (Å²) in [7, 11) is 0. The van der Waals surface area contributed by atoms with Gasteiger partial charge in [0.15, 0.2) is 0 Å². The third-order valence-electron chi connectivity index (χ3n) is 4.95. The highest BCUT2D eigenvalue weighted by atomic mass is 32.2. The van der Waals surface area contributed by atoms with Crippen molar-refractivity contribution in [1.82, 2.24) is 4.90 Å². The van der Waals surface area contributed by atoms with Gasteiger partial charge in [0.2, 0.25) is 5.91 Å². The minimum atomic E-state index is -0.591. The average Bonchev–Trinajstić information content (AvgIpc) is 3.18. The lowest BCUT2D eigenvalue weighted by atomic mass is 9.95. The summed E-state index contributed by atoms with van der Waals surface area (Å²) in [4.78, 5) is 15.1. The normalized spacial score (nSPS) is 32.6. The van der Waals surface area contributed by atoms with E-state index in [4.69, 9.17) is 10.5 Å². The molecule has 114 valence electrons. The predicted molar refractivity (Wildman–Crippen MR) is 81.8 cm³/mol. The Morgan fingerprint density at radius 2 is 2.10 bits per heavy atom. The van der Waals surface area contributed by atoms with Gasteiger partial charge in [0.05, 0.1) is 11.6 Å². The summed E-state index contributed by atoms with van der Waals surface area (Å²) >= 11 is 1.95. The molecule has 0 aromatic carbocycles. The highest BCUT2D eigenvalue weighted by Crippen LogP contribution is 2.32. The minimum Gasteiger partial charge on any atom is -0.376 e. The Kier molecular flexibility index (Phi) is 4.58. The van der Waals surface area contributed by atoms with E-state index in [1.165, 1.54) is 0 Å². The van der Waals surface area contributed by atoms with Crippen molar-refractivity contribution in [3.05, 3.63) is 0 Å². The van der Waals surface area contributed by atoms with Crippen molar-refractivity contribution in [2.45, 2.75) is 62.6 Å². The zero-order valence-corrected chi connectivity index (χ0v) is 13.0. The van der Waals surface area contributed by atoms with E-state index in [0.29, 0.717) is 6.04 Å². The number of hydrogen-bond acceptors (Lipinski definition) is 4. The molecular weight excluding hydrogens is 272 g/mol. The first-order chi connectivity index (χ1) is 9.69. The van der Waals surface area contributed by atoms with Gasteiger partial charge >= 0.3 is 0 Å². The summed E-state index contributed by atoms with van der Waals surface area (Å²) < 4.78 is 5.75. The first kappa shape index (κ1) is 14.7. The molecule has 2 unspecified atom stereocenters. The molecule has 3 fully saturated rings. The number of nitrogens with two attached hydrogens (primary N) is 1. The largest absolute Gasteiger partial charge is 0.376 e. The van der Waals surface area contributed by atoms with Gasteiger partial charge in [-0.25, -0.2) is 0 Å². The van der Waals surface area contributed by atoms with Crippen LogP contribution in [0.15, 0.2) is 0 Å². The molecule has 2 atom stereocenters. The molecule has 1 aliphatic carbocycles. The van der Waals surface area contributed by atoms with E-state index in [2.05, 4.69) is 4.90 Å². The summed E-state index contributed by atoms with van der Waals surface area (Å²) in [6.45, 7) is 1.60. The zero-order valence-electron chi connectivity index (χ0n) is 12.2. The monoisotopic (exact) mass is 298 g/mol. The maximum absolute atomic E-state index is 13.0. The lowest BCUT2D eigenvalue weighted by Gasteiger charge is -2.36. The van der Waals surface area contributed by atoms with Crippen molar-refractivity contribution in [2.75, 3.05) is 24.7 Å². The van der Waals surface area contributed by atoms with Crippen LogP contribution in [0, 0.1) is 0 Å². The molecule has 2 N–H and O–H groups in total. The molecule has 0 radical (unpaired) electrons. The molecule has 2 saturated heterocycles. The number of rotatable bonds is 4. The summed E-state index contributed by atoms with van der Waals surface area (Å²) in [5.74, 6) is 2.42. The second-order valence-electron chi connectivity index (χ2n) is 6.47. The van der Waals surface area contributed by atoms with Gasteiger partial charge < -0.3 is 15.4 Å². The number of hydrogen-bond donors (Lipinski definition) is 1. The maximum atomic E-state index is 13.0. The second kappa shape index (κ2) is 6.24. The molecule has 0 bridgehead atoms. The van der Waals surface area contributed by atoms with Crippen LogP contribution in [0.2, 0.25) is 0 Å². The van der Waals surface area contributed by atoms with Gasteiger partial charge in [-0.2, -0.15) is 11.8 Å². The SMILES string of the molecule is NC1(C(=O)N(CC2CCCO2)C2CCSC2)CCCC1. The van der Waals surface area contributed by atoms with Crippen LogP contribution in [0.5, 0.6) is 0 Å². The highest BCUT2D eigenvalue weighted by Gasteiger charge is 2.43. The number of amides is 1. The molecule has 0 aromatic heterocycles. The Morgan fingerprint density at radius 1 is 1.30 bits per heavy atom. The maximum Gasteiger partial charge on any atom is 0.243 e. The molecule has 2 aliphatic heterocycles. The van der Waals surface area contributed by atoms with E-state index in [1.807, 2.05) is 11.8 Å². The summed E-state index contributed by atoms with van der Waals surface area (Å²) in [6, 6.07) is 0.373. The van der Waals surface area contributed by atoms with Gasteiger partial charge in [0.1, 0.15) is 0 Å². The number of carbonyl (C=O) groups is 1. The fraction of sp³-hybridized carbons (Fsp3) is 0.933. The Balaban J connectivity index is 1.71. The molecule has 3 rings (SSSR count). The molecule has 4 nitrogen and oxygen atoms in total. The van der Waals surface area contributed by atoms with E-state index >= 15 is 0 Å². The van der Waals surface area contributed by atoms with Crippen LogP contribution in [0.25, 0.3) is 0 Å². The molecule has 3 aliphatic rings. The molecule has 1 saturated carbocycles. The van der Waals surface area contributed by atoms with Gasteiger partial charge in [-0.1, -0.05) is 12.8 Å². The van der Waals surface area contributed by atoms with E-state index in [-0.39, 0.29) is 12.0 Å². The average molecular weight is 298 g/mol. The topological polar surface area (TPSA) is 55.6 Å². The molecule has 20 heavy (non-hydrogen) atoms. The van der Waals surface area contributed by atoms with Crippen molar-refractivity contribution >= 4 is 17.7 Å². The zero-order chi connectivity index (χ0) is 14.0. The molecule has 1 amide bonds. The van der Waals surface area contributed by atoms with Gasteiger partial charge in [-0.3, -0.25) is 4.79 Å².